The summed E-state index contributed by atoms with van der Waals surface area (Å²) in [4.78, 5) is 10.2. The van der Waals surface area contributed by atoms with Crippen molar-refractivity contribution in [3.8, 4) is 0 Å². The minimum atomic E-state index is -0.957. The molecule has 1 heterocycles. The van der Waals surface area contributed by atoms with Crippen molar-refractivity contribution in [1.82, 2.24) is 0 Å². The van der Waals surface area contributed by atoms with E-state index >= 15 is 0 Å². The third-order valence-corrected chi connectivity index (χ3v) is 4.25. The number of hydrogen-bond acceptors (Lipinski definition) is 6. The number of rotatable bonds is 12. The van der Waals surface area contributed by atoms with Gasteiger partial charge in [-0.05, 0) is 26.2 Å². The van der Waals surface area contributed by atoms with Crippen molar-refractivity contribution in [3.05, 3.63) is 0 Å². The number of carbonyl (C=O) groups excluding carboxylic acids is 1. The number of aliphatic hydroxyl groups excluding tert-OH is 2. The van der Waals surface area contributed by atoms with Gasteiger partial charge in [0.05, 0.1) is 12.2 Å². The van der Waals surface area contributed by atoms with Crippen molar-refractivity contribution in [1.29, 1.82) is 0 Å². The van der Waals surface area contributed by atoms with Crippen LogP contribution >= 0.6 is 0 Å². The second-order valence-corrected chi connectivity index (χ2v) is 6.40. The van der Waals surface area contributed by atoms with Crippen LogP contribution in [0.25, 0.3) is 0 Å². The first-order chi connectivity index (χ1) is 11.0. The summed E-state index contributed by atoms with van der Waals surface area (Å²) in [5.74, 6) is -0.957. The van der Waals surface area contributed by atoms with E-state index in [4.69, 9.17) is 9.47 Å². The molecular weight excluding hydrogens is 300 g/mol. The monoisotopic (exact) mass is 331 g/mol. The normalized spacial score (nSPS) is 28.0. The molecule has 1 fully saturated rings. The quantitative estimate of drug-likeness (QED) is 0.520. The van der Waals surface area contributed by atoms with E-state index < -0.39 is 24.5 Å². The summed E-state index contributed by atoms with van der Waals surface area (Å²) in [6, 6.07) is 0. The molecule has 4 atom stereocenters. The first-order valence-electron chi connectivity index (χ1n) is 8.83. The highest BCUT2D eigenvalue weighted by Gasteiger charge is 2.34. The molecule has 136 valence electrons. The number of unbranched alkanes of at least 4 members (excludes halogenated alkanes) is 7. The lowest BCUT2D eigenvalue weighted by atomic mass is 10.0. The van der Waals surface area contributed by atoms with Gasteiger partial charge in [0.25, 0.3) is 0 Å². The van der Waals surface area contributed by atoms with Gasteiger partial charge in [0, 0.05) is 19.0 Å². The average Bonchev–Trinajstić information content (AvgIpc) is 2.49. The molecule has 0 spiro atoms. The van der Waals surface area contributed by atoms with Crippen molar-refractivity contribution in [3.63, 3.8) is 0 Å². The maximum absolute atomic E-state index is 10.2. The van der Waals surface area contributed by atoms with E-state index in [1.807, 2.05) is 0 Å². The molecule has 0 amide bonds. The van der Waals surface area contributed by atoms with Crippen molar-refractivity contribution >= 4 is 5.97 Å². The molecule has 0 aromatic heterocycles. The van der Waals surface area contributed by atoms with Crippen LogP contribution in [0.2, 0.25) is 0 Å². The number of aliphatic hydroxyl groups is 2. The van der Waals surface area contributed by atoms with Crippen LogP contribution in [0.4, 0.5) is 0 Å². The second kappa shape index (κ2) is 11.8. The van der Waals surface area contributed by atoms with E-state index in [2.05, 4.69) is 0 Å². The lowest BCUT2D eigenvalue weighted by Crippen LogP contribution is -2.47. The Labute approximate surface area is 138 Å². The van der Waals surface area contributed by atoms with E-state index in [-0.39, 0.29) is 12.5 Å². The van der Waals surface area contributed by atoms with Crippen LogP contribution in [0.1, 0.15) is 71.1 Å². The van der Waals surface area contributed by atoms with Crippen molar-refractivity contribution in [2.75, 3.05) is 6.61 Å². The minimum absolute atomic E-state index is 0.169. The van der Waals surface area contributed by atoms with E-state index in [9.17, 15) is 20.1 Å². The summed E-state index contributed by atoms with van der Waals surface area (Å²) in [6.45, 7) is 2.33. The Balaban J connectivity index is 1.89. The van der Waals surface area contributed by atoms with Gasteiger partial charge >= 0.3 is 0 Å². The number of hydrogen-bond donors (Lipinski definition) is 2. The maximum Gasteiger partial charge on any atom is 0.183 e. The van der Waals surface area contributed by atoms with E-state index in [1.165, 1.54) is 0 Å². The van der Waals surface area contributed by atoms with Crippen LogP contribution in [0, 0.1) is 0 Å². The van der Waals surface area contributed by atoms with Gasteiger partial charge in [0.1, 0.15) is 6.10 Å². The van der Waals surface area contributed by atoms with Crippen LogP contribution in [-0.2, 0) is 14.3 Å². The molecule has 0 unspecified atom stereocenters. The van der Waals surface area contributed by atoms with Crippen LogP contribution in [0.5, 0.6) is 0 Å². The molecule has 0 bridgehead atoms. The molecule has 1 saturated heterocycles. The summed E-state index contributed by atoms with van der Waals surface area (Å²) < 4.78 is 11.0. The zero-order valence-electron chi connectivity index (χ0n) is 14.1. The predicted octanol–water partition coefficient (Wildman–Crippen LogP) is 1.12. The van der Waals surface area contributed by atoms with Crippen LogP contribution in [0.15, 0.2) is 0 Å². The van der Waals surface area contributed by atoms with Gasteiger partial charge in [-0.2, -0.15) is 0 Å². The summed E-state index contributed by atoms with van der Waals surface area (Å²) in [5.41, 5.74) is 0. The molecule has 23 heavy (non-hydrogen) atoms. The molecular formula is C17H31O6-. The fourth-order valence-corrected chi connectivity index (χ4v) is 2.73. The van der Waals surface area contributed by atoms with Gasteiger partial charge in [-0.15, -0.1) is 0 Å². The van der Waals surface area contributed by atoms with Gasteiger partial charge < -0.3 is 29.6 Å². The maximum atomic E-state index is 10.2. The van der Waals surface area contributed by atoms with Crippen LogP contribution in [0.3, 0.4) is 0 Å². The van der Waals surface area contributed by atoms with Gasteiger partial charge in [-0.3, -0.25) is 0 Å². The predicted molar refractivity (Wildman–Crippen MR) is 83.5 cm³/mol. The molecule has 2 N–H and O–H groups in total. The average molecular weight is 331 g/mol. The molecule has 0 aromatic carbocycles. The second-order valence-electron chi connectivity index (χ2n) is 6.40. The SMILES string of the molecule is C[C@@H]1O[C@@H](OCCCCCCCCCCC(=O)[O-])[C@H](O)C[C@H]1O. The molecule has 1 aliphatic heterocycles. The Morgan fingerprint density at radius 1 is 1.04 bits per heavy atom. The molecule has 0 saturated carbocycles. The molecule has 0 aromatic rings. The standard InChI is InChI=1S/C17H32O6/c1-13-14(18)12-15(19)17(23-13)22-11-9-7-5-3-2-4-6-8-10-16(20)21/h13-15,17-19H,2-12H2,1H3,(H,20,21)/p-1/t13-,14+,15+,17+/m0/s1. The fraction of sp³-hybridized carbons (Fsp3) is 0.941. The molecule has 1 rings (SSSR count). The fourth-order valence-electron chi connectivity index (χ4n) is 2.73. The van der Waals surface area contributed by atoms with E-state index in [1.54, 1.807) is 6.92 Å². The topological polar surface area (TPSA) is 99.1 Å². The first kappa shape index (κ1) is 20.4. The highest BCUT2D eigenvalue weighted by Crippen LogP contribution is 2.21. The van der Waals surface area contributed by atoms with Gasteiger partial charge in [-0.1, -0.05) is 38.5 Å². The Bertz CT molecular complexity index is 322. The van der Waals surface area contributed by atoms with Crippen molar-refractivity contribution < 1.29 is 29.6 Å². The van der Waals surface area contributed by atoms with E-state index in [0.29, 0.717) is 19.4 Å². The molecule has 6 nitrogen and oxygen atoms in total. The molecule has 0 radical (unpaired) electrons. The number of aliphatic carboxylic acids is 1. The van der Waals surface area contributed by atoms with Crippen LogP contribution in [-0.4, -0.2) is 47.4 Å². The lowest BCUT2D eigenvalue weighted by molar-refractivity contribution is -0.305. The lowest BCUT2D eigenvalue weighted by Gasteiger charge is -2.35. The zero-order valence-corrected chi connectivity index (χ0v) is 14.1. The third kappa shape index (κ3) is 9.25. The van der Waals surface area contributed by atoms with Crippen molar-refractivity contribution in [2.45, 2.75) is 95.7 Å². The minimum Gasteiger partial charge on any atom is -0.550 e. The van der Waals surface area contributed by atoms with Crippen molar-refractivity contribution in [2.24, 2.45) is 0 Å². The number of carbonyl (C=O) groups is 1. The smallest absolute Gasteiger partial charge is 0.183 e. The first-order valence-corrected chi connectivity index (χ1v) is 8.83. The Hall–Kier alpha value is -0.690. The van der Waals surface area contributed by atoms with E-state index in [0.717, 1.165) is 44.9 Å². The highest BCUT2D eigenvalue weighted by atomic mass is 16.7. The Kier molecular flexibility index (Phi) is 10.4. The van der Waals surface area contributed by atoms with Gasteiger partial charge in [0.15, 0.2) is 6.29 Å². The Morgan fingerprint density at radius 3 is 2.22 bits per heavy atom. The number of ether oxygens (including phenoxy) is 2. The largest absolute Gasteiger partial charge is 0.550 e. The third-order valence-electron chi connectivity index (χ3n) is 4.25. The van der Waals surface area contributed by atoms with Gasteiger partial charge in [0.2, 0.25) is 0 Å². The molecule has 6 heteroatoms. The Morgan fingerprint density at radius 2 is 1.61 bits per heavy atom. The summed E-state index contributed by atoms with van der Waals surface area (Å²) >= 11 is 0. The number of carboxylic acid groups (broad SMARTS) is 1. The molecule has 0 aliphatic carbocycles. The van der Waals surface area contributed by atoms with Gasteiger partial charge in [-0.25, -0.2) is 0 Å². The summed E-state index contributed by atoms with van der Waals surface area (Å²) in [6.07, 6.45) is 6.30. The zero-order chi connectivity index (χ0) is 17.1. The molecule has 1 aliphatic rings. The highest BCUT2D eigenvalue weighted by molar-refractivity contribution is 5.63. The van der Waals surface area contributed by atoms with Crippen LogP contribution < -0.4 is 5.11 Å². The summed E-state index contributed by atoms with van der Waals surface area (Å²) in [5, 5.41) is 29.6. The summed E-state index contributed by atoms with van der Waals surface area (Å²) in [7, 11) is 0. The number of carboxylic acids is 1.